The van der Waals surface area contributed by atoms with Gasteiger partial charge in [0.15, 0.2) is 5.78 Å². The zero-order valence-corrected chi connectivity index (χ0v) is 12.7. The highest BCUT2D eigenvalue weighted by Gasteiger charge is 2.25. The summed E-state index contributed by atoms with van der Waals surface area (Å²) in [5.74, 6) is 0.0507. The van der Waals surface area contributed by atoms with Crippen LogP contribution in [0.2, 0.25) is 0 Å². The molecule has 108 valence electrons. The second kappa shape index (κ2) is 6.85. The van der Waals surface area contributed by atoms with Crippen LogP contribution in [0.1, 0.15) is 27.6 Å². The van der Waals surface area contributed by atoms with E-state index >= 15 is 0 Å². The average Bonchev–Trinajstić information content (AvgIpc) is 2.51. The molecule has 0 fully saturated rings. The Kier molecular flexibility index (Phi) is 5.14. The van der Waals surface area contributed by atoms with Gasteiger partial charge in [0, 0.05) is 12.6 Å². The number of benzene rings is 1. The molecule has 5 nitrogen and oxygen atoms in total. The summed E-state index contributed by atoms with van der Waals surface area (Å²) < 4.78 is 10.7. The van der Waals surface area contributed by atoms with Crippen molar-refractivity contribution in [2.45, 2.75) is 12.5 Å². The molecular weight excluding hydrogens is 326 g/mol. The standard InChI is InChI=1S/C14H16BrNO4/c1-16-14(18)20-8-13-11-4-2-3-10(12(17)7-15)9(11)5-6-19-13/h2-4,13H,5-8H2,1H3,(H,16,18). The van der Waals surface area contributed by atoms with Crippen LogP contribution < -0.4 is 5.32 Å². The summed E-state index contributed by atoms with van der Waals surface area (Å²) in [5, 5.41) is 2.69. The molecule has 1 aliphatic rings. The lowest BCUT2D eigenvalue weighted by atomic mass is 9.91. The molecule has 1 N–H and O–H groups in total. The molecule has 0 aromatic heterocycles. The maximum Gasteiger partial charge on any atom is 0.406 e. The van der Waals surface area contributed by atoms with E-state index in [9.17, 15) is 9.59 Å². The van der Waals surface area contributed by atoms with Crippen LogP contribution in [0.5, 0.6) is 0 Å². The number of alkyl halides is 1. The molecule has 1 unspecified atom stereocenters. The van der Waals surface area contributed by atoms with Crippen LogP contribution in [0.25, 0.3) is 0 Å². The summed E-state index contributed by atoms with van der Waals surface area (Å²) in [5.41, 5.74) is 2.63. The largest absolute Gasteiger partial charge is 0.446 e. The van der Waals surface area contributed by atoms with Gasteiger partial charge in [0.25, 0.3) is 0 Å². The van der Waals surface area contributed by atoms with Crippen LogP contribution >= 0.6 is 15.9 Å². The van der Waals surface area contributed by atoms with Gasteiger partial charge in [-0.15, -0.1) is 0 Å². The van der Waals surface area contributed by atoms with Gasteiger partial charge in [-0.1, -0.05) is 34.1 Å². The molecule has 1 aliphatic heterocycles. The third-order valence-electron chi connectivity index (χ3n) is 3.22. The van der Waals surface area contributed by atoms with Crippen molar-refractivity contribution in [2.75, 3.05) is 25.6 Å². The van der Waals surface area contributed by atoms with Crippen LogP contribution in [0.4, 0.5) is 4.79 Å². The van der Waals surface area contributed by atoms with Gasteiger partial charge in [-0.2, -0.15) is 0 Å². The Morgan fingerprint density at radius 2 is 2.30 bits per heavy atom. The Balaban J connectivity index is 2.23. The van der Waals surface area contributed by atoms with Crippen molar-refractivity contribution in [2.24, 2.45) is 0 Å². The first-order valence-electron chi connectivity index (χ1n) is 6.34. The van der Waals surface area contributed by atoms with Crippen LogP contribution in [0.3, 0.4) is 0 Å². The zero-order chi connectivity index (χ0) is 14.5. The normalized spacial score (nSPS) is 17.2. The minimum absolute atomic E-state index is 0.0507. The second-order valence-electron chi connectivity index (χ2n) is 4.39. The first kappa shape index (κ1) is 15.0. The third kappa shape index (κ3) is 3.19. The molecule has 0 bridgehead atoms. The number of carbonyl (C=O) groups excluding carboxylic acids is 2. The van der Waals surface area contributed by atoms with Crippen LogP contribution in [-0.4, -0.2) is 37.5 Å². The van der Waals surface area contributed by atoms with Crippen molar-refractivity contribution in [1.29, 1.82) is 0 Å². The molecule has 0 aliphatic carbocycles. The summed E-state index contributed by atoms with van der Waals surface area (Å²) in [6.45, 7) is 0.653. The highest BCUT2D eigenvalue weighted by Crippen LogP contribution is 2.30. The Morgan fingerprint density at radius 1 is 1.50 bits per heavy atom. The molecule has 1 heterocycles. The van der Waals surface area contributed by atoms with E-state index in [4.69, 9.17) is 9.47 Å². The molecule has 2 rings (SSSR count). The molecule has 1 aromatic carbocycles. The maximum atomic E-state index is 11.9. The van der Waals surface area contributed by atoms with E-state index in [2.05, 4.69) is 21.2 Å². The van der Waals surface area contributed by atoms with E-state index in [1.54, 1.807) is 0 Å². The molecule has 0 saturated heterocycles. The summed E-state index contributed by atoms with van der Waals surface area (Å²) >= 11 is 3.20. The quantitative estimate of drug-likeness (QED) is 0.673. The van der Waals surface area contributed by atoms with Gasteiger partial charge in [-0.05, 0) is 17.5 Å². The highest BCUT2D eigenvalue weighted by atomic mass is 79.9. The lowest BCUT2D eigenvalue weighted by Crippen LogP contribution is -2.27. The van der Waals surface area contributed by atoms with Crippen molar-refractivity contribution < 1.29 is 19.1 Å². The average molecular weight is 342 g/mol. The number of amides is 1. The molecule has 0 saturated carbocycles. The Morgan fingerprint density at radius 3 is 3.00 bits per heavy atom. The lowest BCUT2D eigenvalue weighted by Gasteiger charge is -2.27. The lowest BCUT2D eigenvalue weighted by molar-refractivity contribution is -0.00371. The third-order valence-corrected chi connectivity index (χ3v) is 3.73. The number of hydrogen-bond donors (Lipinski definition) is 1. The van der Waals surface area contributed by atoms with Gasteiger partial charge >= 0.3 is 6.09 Å². The molecule has 0 radical (unpaired) electrons. The number of alkyl carbamates (subject to hydrolysis) is 1. The Hall–Kier alpha value is -1.40. The van der Waals surface area contributed by atoms with Crippen molar-refractivity contribution in [3.05, 3.63) is 34.9 Å². The highest BCUT2D eigenvalue weighted by molar-refractivity contribution is 9.09. The van der Waals surface area contributed by atoms with E-state index in [0.717, 1.165) is 11.1 Å². The zero-order valence-electron chi connectivity index (χ0n) is 11.1. The van der Waals surface area contributed by atoms with Crippen LogP contribution in [0.15, 0.2) is 18.2 Å². The van der Waals surface area contributed by atoms with E-state index in [1.165, 1.54) is 7.05 Å². The number of Topliss-reactive ketones (excluding diaryl/α,β-unsaturated/α-hetero) is 1. The summed E-state index contributed by atoms with van der Waals surface area (Å²) in [6.07, 6.45) is -0.117. The van der Waals surface area contributed by atoms with E-state index in [1.807, 2.05) is 18.2 Å². The molecule has 1 atom stereocenters. The number of fused-ring (bicyclic) bond motifs is 1. The fourth-order valence-corrected chi connectivity index (χ4v) is 2.58. The monoisotopic (exact) mass is 341 g/mol. The van der Waals surface area contributed by atoms with Gasteiger partial charge in [0.2, 0.25) is 0 Å². The van der Waals surface area contributed by atoms with Gasteiger partial charge in [0.05, 0.1) is 11.9 Å². The van der Waals surface area contributed by atoms with Gasteiger partial charge in [0.1, 0.15) is 12.7 Å². The van der Waals surface area contributed by atoms with E-state index in [0.29, 0.717) is 23.9 Å². The number of ketones is 1. The van der Waals surface area contributed by atoms with Gasteiger partial charge in [-0.25, -0.2) is 4.79 Å². The Labute approximate surface area is 125 Å². The number of hydrogen-bond acceptors (Lipinski definition) is 4. The Bertz CT molecular complexity index is 518. The predicted molar refractivity (Wildman–Crippen MR) is 77.4 cm³/mol. The summed E-state index contributed by atoms with van der Waals surface area (Å²) in [6, 6.07) is 5.57. The van der Waals surface area contributed by atoms with Crippen LogP contribution in [0, 0.1) is 0 Å². The fourth-order valence-electron chi connectivity index (χ4n) is 2.27. The number of halogens is 1. The van der Waals surface area contributed by atoms with E-state index in [-0.39, 0.29) is 18.5 Å². The number of carbonyl (C=O) groups is 2. The molecule has 20 heavy (non-hydrogen) atoms. The fraction of sp³-hybridized carbons (Fsp3) is 0.429. The molecule has 1 amide bonds. The van der Waals surface area contributed by atoms with Crippen molar-refractivity contribution >= 4 is 27.8 Å². The summed E-state index contributed by atoms with van der Waals surface area (Å²) in [4.78, 5) is 23.1. The van der Waals surface area contributed by atoms with Gasteiger partial charge in [-0.3, -0.25) is 4.79 Å². The maximum absolute atomic E-state index is 11.9. The van der Waals surface area contributed by atoms with E-state index < -0.39 is 6.09 Å². The number of nitrogens with one attached hydrogen (secondary N) is 1. The van der Waals surface area contributed by atoms with Crippen molar-refractivity contribution in [3.63, 3.8) is 0 Å². The first-order valence-corrected chi connectivity index (χ1v) is 7.46. The molecular formula is C14H16BrNO4. The molecule has 6 heteroatoms. The smallest absolute Gasteiger partial charge is 0.406 e. The second-order valence-corrected chi connectivity index (χ2v) is 4.95. The van der Waals surface area contributed by atoms with Crippen molar-refractivity contribution in [3.8, 4) is 0 Å². The first-order chi connectivity index (χ1) is 9.67. The van der Waals surface area contributed by atoms with Crippen molar-refractivity contribution in [1.82, 2.24) is 5.32 Å². The number of ether oxygens (including phenoxy) is 2. The topological polar surface area (TPSA) is 64.6 Å². The van der Waals surface area contributed by atoms with Gasteiger partial charge < -0.3 is 14.8 Å². The molecule has 1 aromatic rings. The number of rotatable bonds is 4. The predicted octanol–water partition coefficient (Wildman–Crippen LogP) is 2.23. The minimum atomic E-state index is -0.492. The minimum Gasteiger partial charge on any atom is -0.446 e. The van der Waals surface area contributed by atoms with Crippen LogP contribution in [-0.2, 0) is 15.9 Å². The molecule has 0 spiro atoms. The summed E-state index contributed by atoms with van der Waals surface area (Å²) in [7, 11) is 1.50. The SMILES string of the molecule is CNC(=O)OCC1OCCc2c(C(=O)CBr)cccc21.